The summed E-state index contributed by atoms with van der Waals surface area (Å²) >= 11 is 6.22. The van der Waals surface area contributed by atoms with Crippen LogP contribution in [-0.2, 0) is 9.53 Å². The second kappa shape index (κ2) is 2.37. The van der Waals surface area contributed by atoms with Crippen molar-refractivity contribution in [3.8, 4) is 0 Å². The van der Waals surface area contributed by atoms with Gasteiger partial charge in [-0.15, -0.1) is 11.6 Å². The van der Waals surface area contributed by atoms with Gasteiger partial charge in [-0.1, -0.05) is 6.42 Å². The number of alkyl halides is 1. The molecule has 1 aliphatic heterocycles. The highest BCUT2D eigenvalue weighted by Gasteiger charge is 2.48. The average molecular weight is 175 g/mol. The van der Waals surface area contributed by atoms with Crippen LogP contribution in [0.5, 0.6) is 0 Å². The third kappa shape index (κ3) is 1.13. The van der Waals surface area contributed by atoms with E-state index < -0.39 is 0 Å². The van der Waals surface area contributed by atoms with E-state index >= 15 is 0 Å². The van der Waals surface area contributed by atoms with Gasteiger partial charge in [0.25, 0.3) is 0 Å². The van der Waals surface area contributed by atoms with Crippen molar-refractivity contribution in [2.75, 3.05) is 0 Å². The van der Waals surface area contributed by atoms with Crippen LogP contribution >= 0.6 is 11.6 Å². The quantitative estimate of drug-likeness (QED) is 0.414. The Hall–Kier alpha value is -0.240. The number of fused-ring (bicyclic) bond motifs is 1. The molecule has 2 fully saturated rings. The molecule has 2 atom stereocenters. The predicted octanol–water partition coefficient (Wildman–Crippen LogP) is 1.85. The zero-order valence-electron chi connectivity index (χ0n) is 6.31. The van der Waals surface area contributed by atoms with E-state index in [0.29, 0.717) is 6.42 Å². The molecule has 3 heteroatoms. The lowest BCUT2D eigenvalue weighted by atomic mass is 9.85. The number of carbonyl (C=O) groups is 1. The van der Waals surface area contributed by atoms with Crippen molar-refractivity contribution in [2.24, 2.45) is 0 Å². The van der Waals surface area contributed by atoms with Crippen LogP contribution in [-0.4, -0.2) is 16.9 Å². The van der Waals surface area contributed by atoms with Gasteiger partial charge in [-0.05, 0) is 19.3 Å². The van der Waals surface area contributed by atoms with Gasteiger partial charge in [0.15, 0.2) is 0 Å². The van der Waals surface area contributed by atoms with Gasteiger partial charge in [0.1, 0.15) is 6.10 Å². The fourth-order valence-corrected chi connectivity index (χ4v) is 2.37. The highest BCUT2D eigenvalue weighted by Crippen LogP contribution is 2.43. The second-order valence-corrected chi connectivity index (χ2v) is 4.19. The minimum absolute atomic E-state index is 0.00502. The third-order valence-corrected chi connectivity index (χ3v) is 3.16. The minimum Gasteiger partial charge on any atom is -0.460 e. The summed E-state index contributed by atoms with van der Waals surface area (Å²) in [4.78, 5) is 10.6. The third-order valence-electron chi connectivity index (χ3n) is 2.60. The summed E-state index contributed by atoms with van der Waals surface area (Å²) in [5, 5.41) is 0. The molecule has 0 bridgehead atoms. The molecule has 2 unspecified atom stereocenters. The van der Waals surface area contributed by atoms with Gasteiger partial charge in [0.2, 0.25) is 0 Å². The minimum atomic E-state index is -0.338. The van der Waals surface area contributed by atoms with Gasteiger partial charge in [-0.3, -0.25) is 4.79 Å². The van der Waals surface area contributed by atoms with Crippen LogP contribution in [0.15, 0.2) is 0 Å². The molecule has 2 nitrogen and oxygen atoms in total. The zero-order valence-corrected chi connectivity index (χ0v) is 7.06. The van der Waals surface area contributed by atoms with Gasteiger partial charge < -0.3 is 4.74 Å². The first kappa shape index (κ1) is 7.41. The van der Waals surface area contributed by atoms with E-state index in [9.17, 15) is 4.79 Å². The Kier molecular flexibility index (Phi) is 1.60. The van der Waals surface area contributed by atoms with Crippen molar-refractivity contribution in [2.45, 2.75) is 43.1 Å². The Bertz CT molecular complexity index is 193. The molecule has 0 spiro atoms. The number of carbonyl (C=O) groups excluding carboxylic acids is 1. The molecule has 0 aromatic heterocycles. The van der Waals surface area contributed by atoms with Crippen LogP contribution in [0.2, 0.25) is 0 Å². The summed E-state index contributed by atoms with van der Waals surface area (Å²) in [6.45, 7) is 0. The molecular formula is C8H11ClO2. The summed E-state index contributed by atoms with van der Waals surface area (Å²) in [7, 11) is 0. The van der Waals surface area contributed by atoms with Crippen molar-refractivity contribution in [3.63, 3.8) is 0 Å². The number of halogens is 1. The molecule has 2 aliphatic rings. The van der Waals surface area contributed by atoms with E-state index in [1.165, 1.54) is 0 Å². The molecule has 1 saturated heterocycles. The summed E-state index contributed by atoms with van der Waals surface area (Å²) in [6, 6.07) is 0. The Morgan fingerprint density at radius 2 is 2.36 bits per heavy atom. The second-order valence-electron chi connectivity index (χ2n) is 3.44. The van der Waals surface area contributed by atoms with Crippen molar-refractivity contribution in [3.05, 3.63) is 0 Å². The number of ether oxygens (including phenoxy) is 1. The first-order valence-electron chi connectivity index (χ1n) is 4.09. The van der Waals surface area contributed by atoms with Crippen LogP contribution in [0.4, 0.5) is 0 Å². The number of hydrogen-bond acceptors (Lipinski definition) is 2. The van der Waals surface area contributed by atoms with Gasteiger partial charge in [-0.2, -0.15) is 0 Å². The summed E-state index contributed by atoms with van der Waals surface area (Å²) in [6.07, 6.45) is 4.59. The van der Waals surface area contributed by atoms with Crippen LogP contribution in [0.25, 0.3) is 0 Å². The van der Waals surface area contributed by atoms with E-state index in [0.717, 1.165) is 25.7 Å². The molecule has 0 aromatic carbocycles. The highest BCUT2D eigenvalue weighted by molar-refractivity contribution is 6.26. The number of esters is 1. The van der Waals surface area contributed by atoms with Crippen LogP contribution in [0.3, 0.4) is 0 Å². The largest absolute Gasteiger partial charge is 0.460 e. The van der Waals surface area contributed by atoms with Crippen LogP contribution < -0.4 is 0 Å². The number of hydrogen-bond donors (Lipinski definition) is 0. The fourth-order valence-electron chi connectivity index (χ4n) is 1.98. The van der Waals surface area contributed by atoms with Crippen LogP contribution in [0.1, 0.15) is 32.1 Å². The van der Waals surface area contributed by atoms with Crippen molar-refractivity contribution < 1.29 is 9.53 Å². The number of rotatable bonds is 0. The van der Waals surface area contributed by atoms with E-state index in [4.69, 9.17) is 16.3 Å². The first-order chi connectivity index (χ1) is 5.21. The van der Waals surface area contributed by atoms with Crippen molar-refractivity contribution in [1.29, 1.82) is 0 Å². The zero-order chi connectivity index (χ0) is 7.90. The molecule has 2 rings (SSSR count). The maximum Gasteiger partial charge on any atom is 0.308 e. The van der Waals surface area contributed by atoms with E-state index in [1.54, 1.807) is 0 Å². The van der Waals surface area contributed by atoms with E-state index in [1.807, 2.05) is 0 Å². The molecular weight excluding hydrogens is 164 g/mol. The Balaban J connectivity index is 2.17. The lowest BCUT2D eigenvalue weighted by Gasteiger charge is -2.30. The molecule has 1 aliphatic carbocycles. The van der Waals surface area contributed by atoms with Crippen LogP contribution in [0, 0.1) is 0 Å². The lowest BCUT2D eigenvalue weighted by Crippen LogP contribution is -2.35. The summed E-state index contributed by atoms with van der Waals surface area (Å²) in [5.74, 6) is -0.119. The Labute approximate surface area is 70.9 Å². The topological polar surface area (TPSA) is 26.3 Å². The van der Waals surface area contributed by atoms with Gasteiger partial charge >= 0.3 is 5.97 Å². The van der Waals surface area contributed by atoms with Gasteiger partial charge in [0, 0.05) is 0 Å². The maximum atomic E-state index is 10.9. The Morgan fingerprint density at radius 3 is 3.09 bits per heavy atom. The molecule has 0 aromatic rings. The monoisotopic (exact) mass is 174 g/mol. The van der Waals surface area contributed by atoms with Gasteiger partial charge in [0.05, 0.1) is 11.3 Å². The molecule has 1 saturated carbocycles. The molecule has 0 N–H and O–H groups in total. The molecule has 0 amide bonds. The first-order valence-corrected chi connectivity index (χ1v) is 4.47. The van der Waals surface area contributed by atoms with Crippen molar-refractivity contribution in [1.82, 2.24) is 0 Å². The molecule has 62 valence electrons. The summed E-state index contributed by atoms with van der Waals surface area (Å²) < 4.78 is 5.10. The smallest absolute Gasteiger partial charge is 0.308 e. The van der Waals surface area contributed by atoms with E-state index in [2.05, 4.69) is 0 Å². The molecule has 1 heterocycles. The standard InChI is InChI=1S/C8H11ClO2/c9-8-4-2-1-3-6(8)11-7(10)5-8/h6H,1-5H2. The molecule has 11 heavy (non-hydrogen) atoms. The van der Waals surface area contributed by atoms with Gasteiger partial charge in [-0.25, -0.2) is 0 Å². The average Bonchev–Trinajstić information content (AvgIpc) is 2.22. The Morgan fingerprint density at radius 1 is 1.55 bits per heavy atom. The predicted molar refractivity (Wildman–Crippen MR) is 41.5 cm³/mol. The van der Waals surface area contributed by atoms with E-state index in [-0.39, 0.29) is 16.9 Å². The fraction of sp³-hybridized carbons (Fsp3) is 0.875. The van der Waals surface area contributed by atoms with Crippen molar-refractivity contribution >= 4 is 17.6 Å². The lowest BCUT2D eigenvalue weighted by molar-refractivity contribution is -0.141. The summed E-state index contributed by atoms with van der Waals surface area (Å²) in [5.41, 5.74) is 0. The maximum absolute atomic E-state index is 10.9. The normalized spacial score (nSPS) is 43.4. The molecule has 0 radical (unpaired) electrons. The SMILES string of the molecule is O=C1CC2(Cl)CCCCC2O1. The highest BCUT2D eigenvalue weighted by atomic mass is 35.5.